The molecule has 0 bridgehead atoms. The van der Waals surface area contributed by atoms with Gasteiger partial charge in [-0.15, -0.1) is 0 Å². The molecule has 0 amide bonds. The molecule has 3 aromatic rings. The van der Waals surface area contributed by atoms with Crippen LogP contribution in [-0.2, 0) is 16.4 Å². The quantitative estimate of drug-likeness (QED) is 0.588. The lowest BCUT2D eigenvalue weighted by Crippen LogP contribution is -2.39. The minimum Gasteiger partial charge on any atom is -0.360 e. The zero-order chi connectivity index (χ0) is 22.2. The van der Waals surface area contributed by atoms with Crippen molar-refractivity contribution in [3.63, 3.8) is 0 Å². The number of rotatable bonds is 5. The third-order valence-electron chi connectivity index (χ3n) is 5.75. The Kier molecular flexibility index (Phi) is 5.94. The second kappa shape index (κ2) is 8.51. The van der Waals surface area contributed by atoms with E-state index in [1.807, 2.05) is 25.1 Å². The van der Waals surface area contributed by atoms with Crippen LogP contribution in [0.15, 0.2) is 45.8 Å². The molecule has 0 aliphatic carbocycles. The molecule has 8 heteroatoms. The SMILES string of the molecule is Cc1cc(Cc2ccccc2F)cc([C@@H]2CCCN(S(=O)(=O)c3c(C)noc3C)C2)n1. The molecule has 1 fully saturated rings. The molecule has 4 rings (SSSR count). The van der Waals surface area contributed by atoms with Crippen LogP contribution in [0.2, 0.25) is 0 Å². The van der Waals surface area contributed by atoms with Crippen LogP contribution in [-0.4, -0.2) is 36.0 Å². The normalized spacial score (nSPS) is 17.7. The van der Waals surface area contributed by atoms with Crippen LogP contribution in [0.25, 0.3) is 0 Å². The molecular weight excluding hydrogens is 417 g/mol. The van der Waals surface area contributed by atoms with Crippen LogP contribution in [0.3, 0.4) is 0 Å². The number of sulfonamides is 1. The largest absolute Gasteiger partial charge is 0.360 e. The van der Waals surface area contributed by atoms with Gasteiger partial charge in [0.2, 0.25) is 10.0 Å². The highest BCUT2D eigenvalue weighted by Gasteiger charge is 2.35. The number of halogens is 1. The summed E-state index contributed by atoms with van der Waals surface area (Å²) < 4.78 is 47.2. The Balaban J connectivity index is 1.60. The molecule has 164 valence electrons. The second-order valence-electron chi connectivity index (χ2n) is 8.17. The Morgan fingerprint density at radius 1 is 1.19 bits per heavy atom. The van der Waals surface area contributed by atoms with E-state index >= 15 is 0 Å². The predicted octanol–water partition coefficient (Wildman–Crippen LogP) is 4.29. The second-order valence-corrected chi connectivity index (χ2v) is 10.0. The Labute approximate surface area is 182 Å². The molecule has 0 unspecified atom stereocenters. The number of hydrogen-bond donors (Lipinski definition) is 0. The highest BCUT2D eigenvalue weighted by molar-refractivity contribution is 7.89. The first kappa shape index (κ1) is 21.6. The maximum absolute atomic E-state index is 14.1. The van der Waals surface area contributed by atoms with Gasteiger partial charge in [-0.3, -0.25) is 4.98 Å². The molecule has 1 aromatic carbocycles. The number of hydrogen-bond acceptors (Lipinski definition) is 5. The fourth-order valence-corrected chi connectivity index (χ4v) is 6.13. The molecule has 1 aliphatic heterocycles. The first-order valence-corrected chi connectivity index (χ1v) is 11.8. The summed E-state index contributed by atoms with van der Waals surface area (Å²) in [6.45, 7) is 5.97. The van der Waals surface area contributed by atoms with Crippen molar-refractivity contribution in [2.45, 2.75) is 50.8 Å². The van der Waals surface area contributed by atoms with Crippen LogP contribution in [0.1, 0.15) is 52.7 Å². The van der Waals surface area contributed by atoms with Crippen molar-refractivity contribution < 1.29 is 17.3 Å². The summed E-state index contributed by atoms with van der Waals surface area (Å²) in [6.07, 6.45) is 2.06. The van der Waals surface area contributed by atoms with Crippen LogP contribution < -0.4 is 0 Å². The van der Waals surface area contributed by atoms with Crippen LogP contribution in [0.4, 0.5) is 4.39 Å². The van der Waals surface area contributed by atoms with Gasteiger partial charge in [0, 0.05) is 36.8 Å². The van der Waals surface area contributed by atoms with E-state index in [0.29, 0.717) is 36.5 Å². The summed E-state index contributed by atoms with van der Waals surface area (Å²) >= 11 is 0. The van der Waals surface area contributed by atoms with Crippen molar-refractivity contribution in [2.75, 3.05) is 13.1 Å². The molecule has 2 aromatic heterocycles. The molecule has 1 aliphatic rings. The zero-order valence-electron chi connectivity index (χ0n) is 17.9. The molecule has 1 saturated heterocycles. The monoisotopic (exact) mass is 443 g/mol. The van der Waals surface area contributed by atoms with Gasteiger partial charge in [0.15, 0.2) is 5.76 Å². The van der Waals surface area contributed by atoms with Gasteiger partial charge in [-0.2, -0.15) is 4.31 Å². The predicted molar refractivity (Wildman–Crippen MR) is 115 cm³/mol. The van der Waals surface area contributed by atoms with Gasteiger partial charge < -0.3 is 4.52 Å². The molecule has 1 atom stereocenters. The number of nitrogens with zero attached hydrogens (tertiary/aromatic N) is 3. The summed E-state index contributed by atoms with van der Waals surface area (Å²) in [6, 6.07) is 10.7. The number of aryl methyl sites for hydroxylation is 3. The van der Waals surface area contributed by atoms with Crippen molar-refractivity contribution in [3.8, 4) is 0 Å². The van der Waals surface area contributed by atoms with E-state index in [0.717, 1.165) is 29.8 Å². The van der Waals surface area contributed by atoms with E-state index in [4.69, 9.17) is 4.52 Å². The van der Waals surface area contributed by atoms with E-state index in [-0.39, 0.29) is 16.6 Å². The number of pyridine rings is 1. The van der Waals surface area contributed by atoms with Crippen LogP contribution >= 0.6 is 0 Å². The van der Waals surface area contributed by atoms with Crippen molar-refractivity contribution in [1.82, 2.24) is 14.4 Å². The highest BCUT2D eigenvalue weighted by atomic mass is 32.2. The number of aromatic nitrogens is 2. The lowest BCUT2D eigenvalue weighted by molar-refractivity contribution is 0.311. The minimum absolute atomic E-state index is 0.0248. The molecular formula is C23H26FN3O3S. The fraction of sp³-hybridized carbons (Fsp3) is 0.391. The van der Waals surface area contributed by atoms with Gasteiger partial charge in [0.1, 0.15) is 16.4 Å². The van der Waals surface area contributed by atoms with E-state index < -0.39 is 10.0 Å². The zero-order valence-corrected chi connectivity index (χ0v) is 18.7. The van der Waals surface area contributed by atoms with Crippen molar-refractivity contribution >= 4 is 10.0 Å². The van der Waals surface area contributed by atoms with Gasteiger partial charge in [0.05, 0.1) is 0 Å². The van der Waals surface area contributed by atoms with Gasteiger partial charge in [-0.1, -0.05) is 23.4 Å². The average Bonchev–Trinajstić information content (AvgIpc) is 3.08. The molecule has 0 spiro atoms. The smallest absolute Gasteiger partial charge is 0.248 e. The van der Waals surface area contributed by atoms with Gasteiger partial charge in [0.25, 0.3) is 0 Å². The van der Waals surface area contributed by atoms with Crippen molar-refractivity contribution in [3.05, 3.63) is 76.2 Å². The van der Waals surface area contributed by atoms with Crippen LogP contribution in [0.5, 0.6) is 0 Å². The fourth-order valence-electron chi connectivity index (χ4n) is 4.32. The molecule has 0 saturated carbocycles. The molecule has 0 N–H and O–H groups in total. The third-order valence-corrected chi connectivity index (χ3v) is 7.86. The van der Waals surface area contributed by atoms with E-state index in [1.165, 1.54) is 10.4 Å². The molecule has 3 heterocycles. The lowest BCUT2D eigenvalue weighted by Gasteiger charge is -2.31. The summed E-state index contributed by atoms with van der Waals surface area (Å²) in [5.74, 6) is 0.0525. The molecule has 31 heavy (non-hydrogen) atoms. The number of piperidine rings is 1. The van der Waals surface area contributed by atoms with E-state index in [9.17, 15) is 12.8 Å². The van der Waals surface area contributed by atoms with Crippen molar-refractivity contribution in [1.29, 1.82) is 0 Å². The Morgan fingerprint density at radius 2 is 1.97 bits per heavy atom. The highest BCUT2D eigenvalue weighted by Crippen LogP contribution is 2.32. The van der Waals surface area contributed by atoms with Gasteiger partial charge in [-0.25, -0.2) is 12.8 Å². The maximum atomic E-state index is 14.1. The topological polar surface area (TPSA) is 76.3 Å². The Bertz CT molecular complexity index is 1190. The molecule has 6 nitrogen and oxygen atoms in total. The summed E-state index contributed by atoms with van der Waals surface area (Å²) in [7, 11) is -3.70. The summed E-state index contributed by atoms with van der Waals surface area (Å²) in [5.41, 5.74) is 3.67. The lowest BCUT2D eigenvalue weighted by atomic mass is 9.93. The number of benzene rings is 1. The Hall–Kier alpha value is -2.58. The third kappa shape index (κ3) is 4.41. The molecule has 0 radical (unpaired) electrons. The Morgan fingerprint density at radius 3 is 2.68 bits per heavy atom. The first-order valence-electron chi connectivity index (χ1n) is 10.4. The standard InChI is InChI=1S/C23H26FN3O3S/c1-15-11-18(12-19-7-4-5-9-21(19)24)13-22(25-15)20-8-6-10-27(14-20)31(28,29)23-16(2)26-30-17(23)3/h4-5,7,9,11,13,20H,6,8,10,12,14H2,1-3H3/t20-/m1/s1. The van der Waals surface area contributed by atoms with E-state index in [1.54, 1.807) is 26.0 Å². The van der Waals surface area contributed by atoms with Gasteiger partial charge >= 0.3 is 0 Å². The average molecular weight is 444 g/mol. The van der Waals surface area contributed by atoms with E-state index in [2.05, 4.69) is 10.1 Å². The van der Waals surface area contributed by atoms with Crippen molar-refractivity contribution in [2.24, 2.45) is 0 Å². The van der Waals surface area contributed by atoms with Gasteiger partial charge in [-0.05, 0) is 62.9 Å². The summed E-state index contributed by atoms with van der Waals surface area (Å²) in [4.78, 5) is 4.85. The van der Waals surface area contributed by atoms with Crippen LogP contribution in [0, 0.1) is 26.6 Å². The first-order chi connectivity index (χ1) is 14.8. The minimum atomic E-state index is -3.70. The summed E-state index contributed by atoms with van der Waals surface area (Å²) in [5, 5.41) is 3.80. The maximum Gasteiger partial charge on any atom is 0.248 e.